The van der Waals surface area contributed by atoms with Gasteiger partial charge in [-0.1, -0.05) is 13.8 Å². The van der Waals surface area contributed by atoms with E-state index in [1.807, 2.05) is 0 Å². The SMILES string of the molecule is C.[O-]N1CCCCC1. The van der Waals surface area contributed by atoms with E-state index in [0.29, 0.717) is 0 Å². The van der Waals surface area contributed by atoms with E-state index in [1.54, 1.807) is 0 Å². The van der Waals surface area contributed by atoms with Crippen molar-refractivity contribution in [2.24, 2.45) is 0 Å². The molecule has 1 aliphatic rings. The van der Waals surface area contributed by atoms with Crippen LogP contribution >= 0.6 is 0 Å². The number of hydrogen-bond donors (Lipinski definition) is 0. The molecule has 1 aliphatic heterocycles. The van der Waals surface area contributed by atoms with Crippen molar-refractivity contribution < 1.29 is 0 Å². The van der Waals surface area contributed by atoms with E-state index in [0.717, 1.165) is 31.0 Å². The summed E-state index contributed by atoms with van der Waals surface area (Å²) in [6.45, 7) is 1.53. The third kappa shape index (κ3) is 2.28. The van der Waals surface area contributed by atoms with Gasteiger partial charge < -0.3 is 10.3 Å². The minimum absolute atomic E-state index is 0. The first kappa shape index (κ1) is 7.92. The van der Waals surface area contributed by atoms with Gasteiger partial charge in [-0.05, 0) is 25.9 Å². The highest BCUT2D eigenvalue weighted by molar-refractivity contribution is 4.62. The van der Waals surface area contributed by atoms with Gasteiger partial charge in [0.2, 0.25) is 0 Å². The van der Waals surface area contributed by atoms with Crippen LogP contribution in [-0.4, -0.2) is 18.2 Å². The highest BCUT2D eigenvalue weighted by Gasteiger charge is 1.97. The lowest BCUT2D eigenvalue weighted by molar-refractivity contribution is 0.311. The summed E-state index contributed by atoms with van der Waals surface area (Å²) < 4.78 is 0. The lowest BCUT2D eigenvalue weighted by Crippen LogP contribution is -2.22. The Morgan fingerprint density at radius 3 is 1.75 bits per heavy atom. The number of hydroxylamine groups is 2. The van der Waals surface area contributed by atoms with E-state index in [1.165, 1.54) is 6.42 Å². The number of hydrogen-bond acceptors (Lipinski definition) is 2. The molecule has 1 rings (SSSR count). The molecule has 0 aromatic rings. The summed E-state index contributed by atoms with van der Waals surface area (Å²) in [4.78, 5) is 0. The average molecular weight is 116 g/mol. The van der Waals surface area contributed by atoms with Crippen LogP contribution in [0, 0.1) is 5.21 Å². The second kappa shape index (κ2) is 3.87. The van der Waals surface area contributed by atoms with E-state index in [2.05, 4.69) is 0 Å². The van der Waals surface area contributed by atoms with Crippen LogP contribution in [0.5, 0.6) is 0 Å². The molecule has 0 amide bonds. The van der Waals surface area contributed by atoms with Crippen LogP contribution in [0.2, 0.25) is 0 Å². The van der Waals surface area contributed by atoms with Crippen LogP contribution in [0.3, 0.4) is 0 Å². The molecule has 1 heterocycles. The third-order valence-corrected chi connectivity index (χ3v) is 1.32. The average Bonchev–Trinajstić information content (AvgIpc) is 1.69. The zero-order valence-electron chi connectivity index (χ0n) is 4.39. The van der Waals surface area contributed by atoms with Crippen LogP contribution in [-0.2, 0) is 0 Å². The Balaban J connectivity index is 0.000000490. The van der Waals surface area contributed by atoms with Gasteiger partial charge in [-0.25, -0.2) is 0 Å². The molecular formula is C6H14NO-. The molecule has 0 saturated carbocycles. The second-order valence-electron chi connectivity index (χ2n) is 1.99. The number of nitrogens with zero attached hydrogens (tertiary/aromatic N) is 1. The molecule has 2 heteroatoms. The molecule has 0 aromatic heterocycles. The van der Waals surface area contributed by atoms with E-state index >= 15 is 0 Å². The van der Waals surface area contributed by atoms with Crippen LogP contribution in [0.4, 0.5) is 0 Å². The van der Waals surface area contributed by atoms with Gasteiger partial charge in [0.25, 0.3) is 0 Å². The van der Waals surface area contributed by atoms with Gasteiger partial charge in [-0.3, -0.25) is 0 Å². The summed E-state index contributed by atoms with van der Waals surface area (Å²) >= 11 is 0. The van der Waals surface area contributed by atoms with Crippen LogP contribution < -0.4 is 0 Å². The topological polar surface area (TPSA) is 26.3 Å². The Morgan fingerprint density at radius 1 is 1.00 bits per heavy atom. The fourth-order valence-electron chi connectivity index (χ4n) is 0.865. The summed E-state index contributed by atoms with van der Waals surface area (Å²) in [6, 6.07) is 0. The van der Waals surface area contributed by atoms with Crippen molar-refractivity contribution in [3.05, 3.63) is 5.21 Å². The molecule has 0 aliphatic carbocycles. The molecule has 8 heavy (non-hydrogen) atoms. The summed E-state index contributed by atoms with van der Waals surface area (Å²) in [5, 5.41) is 11.5. The number of rotatable bonds is 0. The van der Waals surface area contributed by atoms with E-state index < -0.39 is 0 Å². The fourth-order valence-corrected chi connectivity index (χ4v) is 0.865. The fraction of sp³-hybridized carbons (Fsp3) is 1.00. The zero-order chi connectivity index (χ0) is 5.11. The molecule has 0 N–H and O–H groups in total. The van der Waals surface area contributed by atoms with Gasteiger partial charge in [0, 0.05) is 0 Å². The molecular weight excluding hydrogens is 102 g/mol. The summed E-state index contributed by atoms with van der Waals surface area (Å²) in [6.07, 6.45) is 3.45. The first-order valence-electron chi connectivity index (χ1n) is 2.82. The van der Waals surface area contributed by atoms with Gasteiger partial charge in [0.15, 0.2) is 0 Å². The quantitative estimate of drug-likeness (QED) is 0.480. The van der Waals surface area contributed by atoms with E-state index in [9.17, 15) is 5.21 Å². The maximum Gasteiger partial charge on any atom is -0.0145 e. The lowest BCUT2D eigenvalue weighted by atomic mass is 10.2. The van der Waals surface area contributed by atoms with Gasteiger partial charge in [-0.2, -0.15) is 0 Å². The van der Waals surface area contributed by atoms with Crippen molar-refractivity contribution in [3.63, 3.8) is 0 Å². The minimum Gasteiger partial charge on any atom is -0.785 e. The predicted octanol–water partition coefficient (Wildman–Crippen LogP) is 1.61. The number of piperidine rings is 1. The summed E-state index contributed by atoms with van der Waals surface area (Å²) in [5.74, 6) is 0. The summed E-state index contributed by atoms with van der Waals surface area (Å²) in [5.41, 5.74) is 0. The van der Waals surface area contributed by atoms with Gasteiger partial charge >= 0.3 is 0 Å². The zero-order valence-corrected chi connectivity index (χ0v) is 4.39. The standard InChI is InChI=1S/C5H10NO.CH4/c7-6-4-2-1-3-5-6;/h1-5H2;1H4/q-1;. The van der Waals surface area contributed by atoms with E-state index in [-0.39, 0.29) is 7.43 Å². The molecule has 0 atom stereocenters. The van der Waals surface area contributed by atoms with Gasteiger partial charge in [0.05, 0.1) is 0 Å². The van der Waals surface area contributed by atoms with Gasteiger partial charge in [-0.15, -0.1) is 0 Å². The second-order valence-corrected chi connectivity index (χ2v) is 1.99. The largest absolute Gasteiger partial charge is 0.785 e. The Kier molecular flexibility index (Phi) is 3.83. The highest BCUT2D eigenvalue weighted by Crippen LogP contribution is 2.05. The Hall–Kier alpha value is -0.0800. The van der Waals surface area contributed by atoms with Crippen LogP contribution in [0.1, 0.15) is 26.7 Å². The van der Waals surface area contributed by atoms with Crippen molar-refractivity contribution in [3.8, 4) is 0 Å². The third-order valence-electron chi connectivity index (χ3n) is 1.32. The Morgan fingerprint density at radius 2 is 1.50 bits per heavy atom. The van der Waals surface area contributed by atoms with Crippen molar-refractivity contribution in [2.45, 2.75) is 26.7 Å². The van der Waals surface area contributed by atoms with Crippen LogP contribution in [0.25, 0.3) is 0 Å². The monoisotopic (exact) mass is 116 g/mol. The molecule has 50 valence electrons. The van der Waals surface area contributed by atoms with Crippen molar-refractivity contribution >= 4 is 0 Å². The molecule has 0 aromatic carbocycles. The smallest absolute Gasteiger partial charge is 0.0145 e. The van der Waals surface area contributed by atoms with Crippen molar-refractivity contribution in [2.75, 3.05) is 13.1 Å². The maximum absolute atomic E-state index is 10.4. The summed E-state index contributed by atoms with van der Waals surface area (Å²) in [7, 11) is 0. The molecule has 0 radical (unpaired) electrons. The molecule has 1 saturated heterocycles. The maximum atomic E-state index is 10.4. The lowest BCUT2D eigenvalue weighted by Gasteiger charge is -2.31. The minimum atomic E-state index is 0. The highest BCUT2D eigenvalue weighted by atomic mass is 16.5. The molecule has 1 fully saturated rings. The molecule has 0 bridgehead atoms. The first-order chi connectivity index (χ1) is 3.39. The molecule has 0 spiro atoms. The molecule has 0 unspecified atom stereocenters. The van der Waals surface area contributed by atoms with Crippen molar-refractivity contribution in [1.29, 1.82) is 0 Å². The Bertz CT molecular complexity index is 50.5. The normalized spacial score (nSPS) is 22.1. The first-order valence-corrected chi connectivity index (χ1v) is 2.82. The van der Waals surface area contributed by atoms with E-state index in [4.69, 9.17) is 0 Å². The predicted molar refractivity (Wildman–Crippen MR) is 35.5 cm³/mol. The van der Waals surface area contributed by atoms with Crippen molar-refractivity contribution in [1.82, 2.24) is 5.06 Å². The van der Waals surface area contributed by atoms with Crippen LogP contribution in [0.15, 0.2) is 0 Å². The van der Waals surface area contributed by atoms with Gasteiger partial charge in [0.1, 0.15) is 0 Å². The molecule has 2 nitrogen and oxygen atoms in total. The Labute approximate surface area is 51.1 Å².